The van der Waals surface area contributed by atoms with Crippen LogP contribution in [0, 0.1) is 5.92 Å². The van der Waals surface area contributed by atoms with Gasteiger partial charge < -0.3 is 14.8 Å². The van der Waals surface area contributed by atoms with Gasteiger partial charge in [-0.2, -0.15) is 0 Å². The van der Waals surface area contributed by atoms with Crippen LogP contribution in [0.1, 0.15) is 19.2 Å². The Bertz CT molecular complexity index is 636. The predicted octanol–water partition coefficient (Wildman–Crippen LogP) is 0.176. The van der Waals surface area contributed by atoms with E-state index in [1.165, 1.54) is 0 Å². The van der Waals surface area contributed by atoms with Crippen LogP contribution in [0.5, 0.6) is 5.88 Å². The van der Waals surface area contributed by atoms with E-state index < -0.39 is 0 Å². The molecule has 1 N–H and O–H groups in total. The van der Waals surface area contributed by atoms with Gasteiger partial charge in [0, 0.05) is 19.0 Å². The summed E-state index contributed by atoms with van der Waals surface area (Å²) in [5.41, 5.74) is 0.549. The van der Waals surface area contributed by atoms with Crippen molar-refractivity contribution in [3.8, 4) is 5.88 Å². The first-order valence-electron chi connectivity index (χ1n) is 6.96. The molecule has 0 aromatic carbocycles. The highest BCUT2D eigenvalue weighted by molar-refractivity contribution is 5.78. The summed E-state index contributed by atoms with van der Waals surface area (Å²) in [6.45, 7) is 3.84. The second-order valence-electron chi connectivity index (χ2n) is 4.75. The van der Waals surface area contributed by atoms with Gasteiger partial charge in [-0.1, -0.05) is 0 Å². The van der Waals surface area contributed by atoms with Crippen LogP contribution >= 0.6 is 0 Å². The smallest absolute Gasteiger partial charge is 0.260 e. The molecule has 0 unspecified atom stereocenters. The normalized spacial score (nSPS) is 18.0. The van der Waals surface area contributed by atoms with Gasteiger partial charge in [0.15, 0.2) is 5.82 Å². The summed E-state index contributed by atoms with van der Waals surface area (Å²) in [7, 11) is 0. The fourth-order valence-electron chi connectivity index (χ4n) is 2.26. The fourth-order valence-corrected chi connectivity index (χ4v) is 2.26. The number of fused-ring (bicyclic) bond motifs is 1. The number of nitrogens with one attached hydrogen (secondary N) is 1. The van der Waals surface area contributed by atoms with Crippen LogP contribution in [0.15, 0.2) is 12.4 Å². The van der Waals surface area contributed by atoms with Crippen LogP contribution < -0.4 is 10.1 Å². The number of aromatic nitrogens is 4. The lowest BCUT2D eigenvalue weighted by molar-refractivity contribution is -0.125. The summed E-state index contributed by atoms with van der Waals surface area (Å²) in [6.07, 6.45) is 4.14. The van der Waals surface area contributed by atoms with E-state index in [4.69, 9.17) is 9.47 Å². The van der Waals surface area contributed by atoms with Gasteiger partial charge in [0.25, 0.3) is 5.88 Å². The van der Waals surface area contributed by atoms with Crippen molar-refractivity contribution in [2.24, 2.45) is 5.92 Å². The molecule has 1 aliphatic heterocycles. The van der Waals surface area contributed by atoms with Crippen molar-refractivity contribution in [1.29, 1.82) is 0 Å². The molecule has 0 spiro atoms. The maximum Gasteiger partial charge on any atom is 0.260 e. The maximum atomic E-state index is 12.0. The summed E-state index contributed by atoms with van der Waals surface area (Å²) < 4.78 is 12.4. The van der Waals surface area contributed by atoms with Crippen molar-refractivity contribution in [2.45, 2.75) is 19.9 Å². The minimum absolute atomic E-state index is 0.0108. The number of ether oxygens (including phenoxy) is 2. The zero-order valence-corrected chi connectivity index (χ0v) is 11.8. The Morgan fingerprint density at radius 1 is 1.57 bits per heavy atom. The Balaban J connectivity index is 1.72. The van der Waals surface area contributed by atoms with Gasteiger partial charge in [0.2, 0.25) is 11.6 Å². The molecule has 0 aliphatic carbocycles. The molecule has 2 aromatic heterocycles. The fraction of sp³-hybridized carbons (Fsp3) is 0.538. The molecule has 1 amide bonds. The number of hydrogen-bond donors (Lipinski definition) is 1. The summed E-state index contributed by atoms with van der Waals surface area (Å²) in [5.74, 6) is 1.00. The zero-order chi connectivity index (χ0) is 14.7. The van der Waals surface area contributed by atoms with Crippen molar-refractivity contribution in [3.05, 3.63) is 18.2 Å². The van der Waals surface area contributed by atoms with E-state index in [2.05, 4.69) is 20.5 Å². The number of amides is 1. The van der Waals surface area contributed by atoms with Gasteiger partial charge in [-0.05, 0) is 13.3 Å². The van der Waals surface area contributed by atoms with E-state index in [0.29, 0.717) is 43.7 Å². The van der Waals surface area contributed by atoms with Crippen LogP contribution in [-0.4, -0.2) is 45.3 Å². The number of nitrogens with zero attached hydrogens (tertiary/aromatic N) is 4. The highest BCUT2D eigenvalue weighted by atomic mass is 16.5. The molecule has 8 nitrogen and oxygen atoms in total. The van der Waals surface area contributed by atoms with E-state index in [1.807, 2.05) is 6.92 Å². The Labute approximate surface area is 121 Å². The monoisotopic (exact) mass is 291 g/mol. The lowest BCUT2D eigenvalue weighted by Crippen LogP contribution is -2.31. The molecule has 1 aliphatic rings. The summed E-state index contributed by atoms with van der Waals surface area (Å²) in [5, 5.41) is 11.0. The van der Waals surface area contributed by atoms with Crippen LogP contribution in [0.25, 0.3) is 5.65 Å². The Kier molecular flexibility index (Phi) is 3.96. The molecular formula is C13H17N5O3. The molecule has 0 saturated carbocycles. The molecule has 0 radical (unpaired) electrons. The lowest BCUT2D eigenvalue weighted by Gasteiger charge is -2.08. The average molecular weight is 291 g/mol. The van der Waals surface area contributed by atoms with Crippen LogP contribution in [-0.2, 0) is 16.1 Å². The number of carbonyl (C=O) groups excluding carboxylic acids is 1. The number of rotatable bonds is 5. The van der Waals surface area contributed by atoms with Crippen molar-refractivity contribution in [1.82, 2.24) is 24.9 Å². The lowest BCUT2D eigenvalue weighted by atomic mass is 10.1. The molecule has 3 heterocycles. The minimum atomic E-state index is -0.0650. The van der Waals surface area contributed by atoms with E-state index in [1.54, 1.807) is 16.8 Å². The minimum Gasteiger partial charge on any atom is -0.475 e. The van der Waals surface area contributed by atoms with Gasteiger partial charge in [-0.3, -0.25) is 9.20 Å². The average Bonchev–Trinajstić information content (AvgIpc) is 3.15. The quantitative estimate of drug-likeness (QED) is 0.845. The van der Waals surface area contributed by atoms with E-state index in [9.17, 15) is 4.79 Å². The van der Waals surface area contributed by atoms with Crippen LogP contribution in [0.3, 0.4) is 0 Å². The van der Waals surface area contributed by atoms with E-state index in [0.717, 1.165) is 6.42 Å². The van der Waals surface area contributed by atoms with Crippen molar-refractivity contribution in [3.63, 3.8) is 0 Å². The largest absolute Gasteiger partial charge is 0.475 e. The molecule has 1 saturated heterocycles. The van der Waals surface area contributed by atoms with Gasteiger partial charge >= 0.3 is 0 Å². The topological polar surface area (TPSA) is 90.6 Å². The summed E-state index contributed by atoms with van der Waals surface area (Å²) >= 11 is 0. The molecule has 1 atom stereocenters. The molecule has 112 valence electrons. The summed E-state index contributed by atoms with van der Waals surface area (Å²) in [4.78, 5) is 16.1. The van der Waals surface area contributed by atoms with Crippen molar-refractivity contribution in [2.75, 3.05) is 19.8 Å². The molecular weight excluding hydrogens is 274 g/mol. The SMILES string of the molecule is CCOc1nccn2c(CNC(=O)[C@@H]3CCOC3)nnc12. The van der Waals surface area contributed by atoms with Gasteiger partial charge in [0.05, 0.1) is 25.7 Å². The first-order chi connectivity index (χ1) is 10.3. The molecule has 21 heavy (non-hydrogen) atoms. The Morgan fingerprint density at radius 3 is 3.24 bits per heavy atom. The van der Waals surface area contributed by atoms with Crippen molar-refractivity contribution < 1.29 is 14.3 Å². The number of carbonyl (C=O) groups is 1. The standard InChI is InChI=1S/C13H17N5O3/c1-2-21-13-11-17-16-10(18(11)5-4-14-13)7-15-12(19)9-3-6-20-8-9/h4-5,9H,2-3,6-8H2,1H3,(H,15,19)/t9-/m1/s1. The number of hydrogen-bond acceptors (Lipinski definition) is 6. The van der Waals surface area contributed by atoms with Crippen LogP contribution in [0.2, 0.25) is 0 Å². The zero-order valence-electron chi connectivity index (χ0n) is 11.8. The van der Waals surface area contributed by atoms with Crippen LogP contribution in [0.4, 0.5) is 0 Å². The third kappa shape index (κ3) is 2.80. The predicted molar refractivity (Wildman–Crippen MR) is 72.7 cm³/mol. The Hall–Kier alpha value is -2.22. The molecule has 2 aromatic rings. The first kappa shape index (κ1) is 13.7. The molecule has 8 heteroatoms. The third-order valence-electron chi connectivity index (χ3n) is 3.37. The third-order valence-corrected chi connectivity index (χ3v) is 3.37. The van der Waals surface area contributed by atoms with Gasteiger partial charge in [-0.15, -0.1) is 10.2 Å². The van der Waals surface area contributed by atoms with Gasteiger partial charge in [0.1, 0.15) is 0 Å². The van der Waals surface area contributed by atoms with Gasteiger partial charge in [-0.25, -0.2) is 4.98 Å². The van der Waals surface area contributed by atoms with E-state index >= 15 is 0 Å². The molecule has 3 rings (SSSR count). The second kappa shape index (κ2) is 6.04. The molecule has 1 fully saturated rings. The highest BCUT2D eigenvalue weighted by Crippen LogP contribution is 2.15. The van der Waals surface area contributed by atoms with E-state index in [-0.39, 0.29) is 11.8 Å². The summed E-state index contributed by atoms with van der Waals surface area (Å²) in [6, 6.07) is 0. The second-order valence-corrected chi connectivity index (χ2v) is 4.75. The maximum absolute atomic E-state index is 12.0. The highest BCUT2D eigenvalue weighted by Gasteiger charge is 2.23. The first-order valence-corrected chi connectivity index (χ1v) is 6.96. The van der Waals surface area contributed by atoms with Crippen molar-refractivity contribution >= 4 is 11.6 Å². The Morgan fingerprint density at radius 2 is 2.48 bits per heavy atom. The molecule has 0 bridgehead atoms.